The Morgan fingerprint density at radius 2 is 1.77 bits per heavy atom. The molecule has 0 saturated carbocycles. The normalized spacial score (nSPS) is 11.6. The van der Waals surface area contributed by atoms with E-state index in [0.717, 1.165) is 12.8 Å². The molecule has 0 radical (unpaired) electrons. The quantitative estimate of drug-likeness (QED) is 0.751. The van der Waals surface area contributed by atoms with Crippen LogP contribution in [-0.2, 0) is 5.41 Å². The van der Waals surface area contributed by atoms with Crippen molar-refractivity contribution in [2.45, 2.75) is 32.1 Å². The third-order valence-corrected chi connectivity index (χ3v) is 2.52. The maximum Gasteiger partial charge on any atom is 0.0431 e. The first-order valence-electron chi connectivity index (χ1n) is 4.83. The first-order chi connectivity index (χ1) is 6.17. The maximum absolute atomic E-state index is 8.78. The molecule has 0 aromatic heterocycles. The molecular weight excluding hydrogens is 160 g/mol. The van der Waals surface area contributed by atoms with E-state index in [9.17, 15) is 0 Å². The highest BCUT2D eigenvalue weighted by Gasteiger charge is 2.18. The van der Waals surface area contributed by atoms with Crippen LogP contribution in [0.15, 0.2) is 30.3 Å². The van der Waals surface area contributed by atoms with Gasteiger partial charge >= 0.3 is 0 Å². The predicted octanol–water partition coefficient (Wildman–Crippen LogP) is 2.74. The lowest BCUT2D eigenvalue weighted by atomic mass is 9.81. The van der Waals surface area contributed by atoms with E-state index in [4.69, 9.17) is 5.11 Å². The van der Waals surface area contributed by atoms with Crippen LogP contribution >= 0.6 is 0 Å². The number of aliphatic hydroxyl groups excluding tert-OH is 1. The molecule has 1 heteroatoms. The topological polar surface area (TPSA) is 20.2 Å². The standard InChI is InChI=1S/C12H18O/c1-12(2,9-6-10-13)11-7-4-3-5-8-11/h3-5,7-8,13H,6,9-10H2,1-2H3. The van der Waals surface area contributed by atoms with E-state index in [1.807, 2.05) is 6.07 Å². The minimum atomic E-state index is 0.185. The summed E-state index contributed by atoms with van der Waals surface area (Å²) in [6, 6.07) is 10.5. The molecule has 0 aliphatic rings. The monoisotopic (exact) mass is 178 g/mol. The highest BCUT2D eigenvalue weighted by atomic mass is 16.2. The lowest BCUT2D eigenvalue weighted by Crippen LogP contribution is -2.17. The van der Waals surface area contributed by atoms with Gasteiger partial charge in [0.15, 0.2) is 0 Å². The number of rotatable bonds is 4. The molecule has 0 aliphatic heterocycles. The summed E-state index contributed by atoms with van der Waals surface area (Å²) in [5, 5.41) is 8.78. The average Bonchev–Trinajstić information content (AvgIpc) is 2.16. The van der Waals surface area contributed by atoms with Crippen molar-refractivity contribution >= 4 is 0 Å². The lowest BCUT2D eigenvalue weighted by Gasteiger charge is -2.24. The van der Waals surface area contributed by atoms with E-state index in [0.29, 0.717) is 0 Å². The highest BCUT2D eigenvalue weighted by molar-refractivity contribution is 5.23. The Bertz CT molecular complexity index is 239. The third-order valence-electron chi connectivity index (χ3n) is 2.52. The maximum atomic E-state index is 8.78. The molecule has 72 valence electrons. The van der Waals surface area contributed by atoms with Gasteiger partial charge in [-0.15, -0.1) is 0 Å². The van der Waals surface area contributed by atoms with Gasteiger partial charge in [0.1, 0.15) is 0 Å². The molecule has 0 saturated heterocycles. The van der Waals surface area contributed by atoms with Crippen molar-refractivity contribution < 1.29 is 5.11 Å². The Kier molecular flexibility index (Phi) is 3.49. The van der Waals surface area contributed by atoms with Gasteiger partial charge in [-0.25, -0.2) is 0 Å². The summed E-state index contributed by atoms with van der Waals surface area (Å²) >= 11 is 0. The summed E-state index contributed by atoms with van der Waals surface area (Å²) in [6.07, 6.45) is 1.91. The van der Waals surface area contributed by atoms with Crippen LogP contribution in [0.3, 0.4) is 0 Å². The van der Waals surface area contributed by atoms with E-state index < -0.39 is 0 Å². The Hall–Kier alpha value is -0.820. The van der Waals surface area contributed by atoms with Crippen molar-refractivity contribution in [1.29, 1.82) is 0 Å². The van der Waals surface area contributed by atoms with Gasteiger partial charge in [0, 0.05) is 6.61 Å². The highest BCUT2D eigenvalue weighted by Crippen LogP contribution is 2.27. The van der Waals surface area contributed by atoms with Gasteiger partial charge in [-0.05, 0) is 23.8 Å². The molecule has 0 fully saturated rings. The molecular formula is C12H18O. The Morgan fingerprint density at radius 1 is 1.15 bits per heavy atom. The van der Waals surface area contributed by atoms with Crippen molar-refractivity contribution in [3.05, 3.63) is 35.9 Å². The molecule has 0 aliphatic carbocycles. The lowest BCUT2D eigenvalue weighted by molar-refractivity contribution is 0.268. The first kappa shape index (κ1) is 10.3. The van der Waals surface area contributed by atoms with E-state index in [1.165, 1.54) is 5.56 Å². The zero-order chi connectivity index (χ0) is 9.73. The Labute approximate surface area is 80.4 Å². The zero-order valence-electron chi connectivity index (χ0n) is 8.46. The molecule has 0 spiro atoms. The summed E-state index contributed by atoms with van der Waals surface area (Å²) in [5.74, 6) is 0. The number of benzene rings is 1. The van der Waals surface area contributed by atoms with E-state index in [1.54, 1.807) is 0 Å². The van der Waals surface area contributed by atoms with Crippen LogP contribution in [0.4, 0.5) is 0 Å². The fourth-order valence-electron chi connectivity index (χ4n) is 1.55. The smallest absolute Gasteiger partial charge is 0.0431 e. The van der Waals surface area contributed by atoms with Crippen molar-refractivity contribution in [2.75, 3.05) is 6.61 Å². The molecule has 0 atom stereocenters. The second-order valence-electron chi connectivity index (χ2n) is 4.08. The SMILES string of the molecule is CC(C)(CCCO)c1ccccc1. The molecule has 1 aromatic rings. The molecule has 0 unspecified atom stereocenters. The minimum Gasteiger partial charge on any atom is -0.396 e. The second kappa shape index (κ2) is 4.43. The Balaban J connectivity index is 2.69. The molecule has 13 heavy (non-hydrogen) atoms. The van der Waals surface area contributed by atoms with Gasteiger partial charge in [0.2, 0.25) is 0 Å². The number of hydrogen-bond donors (Lipinski definition) is 1. The van der Waals surface area contributed by atoms with Crippen LogP contribution in [0.25, 0.3) is 0 Å². The van der Waals surface area contributed by atoms with Gasteiger partial charge < -0.3 is 5.11 Å². The van der Waals surface area contributed by atoms with Crippen molar-refractivity contribution in [2.24, 2.45) is 0 Å². The minimum absolute atomic E-state index is 0.185. The van der Waals surface area contributed by atoms with E-state index in [-0.39, 0.29) is 12.0 Å². The predicted molar refractivity (Wildman–Crippen MR) is 55.8 cm³/mol. The Morgan fingerprint density at radius 3 is 2.31 bits per heavy atom. The van der Waals surface area contributed by atoms with Crippen LogP contribution in [0, 0.1) is 0 Å². The largest absolute Gasteiger partial charge is 0.396 e. The average molecular weight is 178 g/mol. The van der Waals surface area contributed by atoms with Gasteiger partial charge in [-0.1, -0.05) is 44.2 Å². The van der Waals surface area contributed by atoms with E-state index in [2.05, 4.69) is 38.1 Å². The van der Waals surface area contributed by atoms with Gasteiger partial charge in [-0.3, -0.25) is 0 Å². The number of hydrogen-bond acceptors (Lipinski definition) is 1. The van der Waals surface area contributed by atoms with Crippen LogP contribution in [0.5, 0.6) is 0 Å². The molecule has 0 amide bonds. The summed E-state index contributed by atoms with van der Waals surface area (Å²) in [6.45, 7) is 4.73. The zero-order valence-corrected chi connectivity index (χ0v) is 8.46. The summed E-state index contributed by atoms with van der Waals surface area (Å²) in [5.41, 5.74) is 1.53. The summed E-state index contributed by atoms with van der Waals surface area (Å²) < 4.78 is 0. The fraction of sp³-hybridized carbons (Fsp3) is 0.500. The summed E-state index contributed by atoms with van der Waals surface area (Å²) in [4.78, 5) is 0. The number of aliphatic hydroxyl groups is 1. The third kappa shape index (κ3) is 2.85. The van der Waals surface area contributed by atoms with Crippen LogP contribution in [0.2, 0.25) is 0 Å². The van der Waals surface area contributed by atoms with Gasteiger partial charge in [-0.2, -0.15) is 0 Å². The van der Waals surface area contributed by atoms with Gasteiger partial charge in [0.25, 0.3) is 0 Å². The molecule has 1 rings (SSSR count). The molecule has 1 nitrogen and oxygen atoms in total. The second-order valence-corrected chi connectivity index (χ2v) is 4.08. The van der Waals surface area contributed by atoms with E-state index >= 15 is 0 Å². The molecule has 0 heterocycles. The summed E-state index contributed by atoms with van der Waals surface area (Å²) in [7, 11) is 0. The van der Waals surface area contributed by atoms with Gasteiger partial charge in [0.05, 0.1) is 0 Å². The van der Waals surface area contributed by atoms with Crippen LogP contribution in [-0.4, -0.2) is 11.7 Å². The van der Waals surface area contributed by atoms with Crippen molar-refractivity contribution in [1.82, 2.24) is 0 Å². The fourth-order valence-corrected chi connectivity index (χ4v) is 1.55. The molecule has 0 bridgehead atoms. The molecule has 1 aromatic carbocycles. The first-order valence-corrected chi connectivity index (χ1v) is 4.83. The van der Waals surface area contributed by atoms with Crippen molar-refractivity contribution in [3.8, 4) is 0 Å². The van der Waals surface area contributed by atoms with Crippen LogP contribution in [0.1, 0.15) is 32.3 Å². The van der Waals surface area contributed by atoms with Crippen molar-refractivity contribution in [3.63, 3.8) is 0 Å². The molecule has 1 N–H and O–H groups in total. The van der Waals surface area contributed by atoms with Crippen LogP contribution < -0.4 is 0 Å².